The first-order valence-electron chi connectivity index (χ1n) is 3.45. The van der Waals surface area contributed by atoms with Crippen molar-refractivity contribution in [2.45, 2.75) is 39.2 Å². The Kier molecular flexibility index (Phi) is 2.85. The lowest BCUT2D eigenvalue weighted by Crippen LogP contribution is -2.30. The lowest BCUT2D eigenvalue weighted by atomic mass is 10.2. The van der Waals surface area contributed by atoms with E-state index in [0.717, 1.165) is 12.8 Å². The van der Waals surface area contributed by atoms with E-state index in [2.05, 4.69) is 0 Å². The SMILES string of the molecule is CC.CC(=O)C1(N)CC1. The second kappa shape index (κ2) is 2.97. The van der Waals surface area contributed by atoms with Gasteiger partial charge in [0.1, 0.15) is 5.78 Å². The summed E-state index contributed by atoms with van der Waals surface area (Å²) in [5, 5.41) is 0. The summed E-state index contributed by atoms with van der Waals surface area (Å²) in [6, 6.07) is 0. The van der Waals surface area contributed by atoms with Crippen molar-refractivity contribution in [3.05, 3.63) is 0 Å². The van der Waals surface area contributed by atoms with E-state index in [1.807, 2.05) is 13.8 Å². The van der Waals surface area contributed by atoms with Crippen LogP contribution < -0.4 is 5.73 Å². The van der Waals surface area contributed by atoms with E-state index in [9.17, 15) is 4.79 Å². The van der Waals surface area contributed by atoms with Crippen LogP contribution in [0.5, 0.6) is 0 Å². The van der Waals surface area contributed by atoms with E-state index in [0.29, 0.717) is 0 Å². The number of carbonyl (C=O) groups excluding carboxylic acids is 1. The topological polar surface area (TPSA) is 43.1 Å². The fraction of sp³-hybridized carbons (Fsp3) is 0.857. The van der Waals surface area contributed by atoms with Gasteiger partial charge >= 0.3 is 0 Å². The lowest BCUT2D eigenvalue weighted by molar-refractivity contribution is -0.119. The van der Waals surface area contributed by atoms with E-state index >= 15 is 0 Å². The van der Waals surface area contributed by atoms with Crippen LogP contribution in [-0.4, -0.2) is 11.3 Å². The summed E-state index contributed by atoms with van der Waals surface area (Å²) in [7, 11) is 0. The van der Waals surface area contributed by atoms with Gasteiger partial charge < -0.3 is 5.73 Å². The molecule has 0 aromatic rings. The zero-order valence-corrected chi connectivity index (χ0v) is 6.40. The minimum Gasteiger partial charge on any atom is -0.319 e. The molecule has 0 saturated heterocycles. The van der Waals surface area contributed by atoms with Gasteiger partial charge in [0.05, 0.1) is 5.54 Å². The fourth-order valence-corrected chi connectivity index (χ4v) is 0.487. The van der Waals surface area contributed by atoms with E-state index in [-0.39, 0.29) is 11.3 Å². The van der Waals surface area contributed by atoms with Crippen molar-refractivity contribution in [2.24, 2.45) is 5.73 Å². The van der Waals surface area contributed by atoms with Crippen LogP contribution in [0.25, 0.3) is 0 Å². The molecule has 0 amide bonds. The predicted molar refractivity (Wildman–Crippen MR) is 38.2 cm³/mol. The van der Waals surface area contributed by atoms with Crippen molar-refractivity contribution in [1.82, 2.24) is 0 Å². The first kappa shape index (κ1) is 8.63. The van der Waals surface area contributed by atoms with Crippen LogP contribution in [0.1, 0.15) is 33.6 Å². The molecular formula is C7H15NO. The molecule has 1 fully saturated rings. The van der Waals surface area contributed by atoms with Crippen molar-refractivity contribution < 1.29 is 4.79 Å². The Morgan fingerprint density at radius 2 is 1.78 bits per heavy atom. The fourth-order valence-electron chi connectivity index (χ4n) is 0.487. The van der Waals surface area contributed by atoms with Crippen LogP contribution in [0.2, 0.25) is 0 Å². The Labute approximate surface area is 56.4 Å². The van der Waals surface area contributed by atoms with E-state index in [4.69, 9.17) is 5.73 Å². The molecule has 0 bridgehead atoms. The van der Waals surface area contributed by atoms with E-state index in [1.54, 1.807) is 6.92 Å². The summed E-state index contributed by atoms with van der Waals surface area (Å²) in [6.07, 6.45) is 1.78. The number of ketones is 1. The quantitative estimate of drug-likeness (QED) is 0.576. The van der Waals surface area contributed by atoms with Crippen LogP contribution >= 0.6 is 0 Å². The van der Waals surface area contributed by atoms with Gasteiger partial charge in [-0.05, 0) is 19.8 Å². The molecule has 0 unspecified atom stereocenters. The molecule has 9 heavy (non-hydrogen) atoms. The zero-order chi connectivity index (χ0) is 7.49. The summed E-state index contributed by atoms with van der Waals surface area (Å²) in [6.45, 7) is 5.55. The lowest BCUT2D eigenvalue weighted by Gasteiger charge is -1.97. The van der Waals surface area contributed by atoms with Crippen LogP contribution in [0, 0.1) is 0 Å². The Balaban J connectivity index is 0.000000291. The third-order valence-electron chi connectivity index (χ3n) is 1.49. The second-order valence-corrected chi connectivity index (χ2v) is 2.21. The number of hydrogen-bond donors (Lipinski definition) is 1. The van der Waals surface area contributed by atoms with Gasteiger partial charge in [-0.2, -0.15) is 0 Å². The minimum atomic E-state index is -0.389. The summed E-state index contributed by atoms with van der Waals surface area (Å²) < 4.78 is 0. The van der Waals surface area contributed by atoms with Gasteiger partial charge in [-0.25, -0.2) is 0 Å². The third kappa shape index (κ3) is 2.14. The number of nitrogens with two attached hydrogens (primary N) is 1. The molecule has 1 rings (SSSR count). The van der Waals surface area contributed by atoms with Gasteiger partial charge in [0.15, 0.2) is 0 Å². The average Bonchev–Trinajstić information content (AvgIpc) is 2.55. The maximum Gasteiger partial charge on any atom is 0.149 e. The Morgan fingerprint density at radius 1 is 1.44 bits per heavy atom. The third-order valence-corrected chi connectivity index (χ3v) is 1.49. The first-order chi connectivity index (χ1) is 4.15. The molecule has 0 atom stereocenters. The second-order valence-electron chi connectivity index (χ2n) is 2.21. The molecule has 1 aliphatic carbocycles. The molecule has 0 aliphatic heterocycles. The smallest absolute Gasteiger partial charge is 0.149 e. The standard InChI is InChI=1S/C5H9NO.C2H6/c1-4(7)5(6)2-3-5;1-2/h2-3,6H2,1H3;1-2H3. The number of Topliss-reactive ketones (excluding diaryl/α,β-unsaturated/α-hetero) is 1. The molecule has 2 heteroatoms. The molecule has 0 heterocycles. The number of hydrogen-bond acceptors (Lipinski definition) is 2. The van der Waals surface area contributed by atoms with Gasteiger partial charge in [0.25, 0.3) is 0 Å². The van der Waals surface area contributed by atoms with Crippen molar-refractivity contribution in [3.8, 4) is 0 Å². The van der Waals surface area contributed by atoms with Crippen molar-refractivity contribution in [1.29, 1.82) is 0 Å². The molecule has 0 radical (unpaired) electrons. The molecule has 2 nitrogen and oxygen atoms in total. The van der Waals surface area contributed by atoms with Gasteiger partial charge in [-0.3, -0.25) is 4.79 Å². The highest BCUT2D eigenvalue weighted by Gasteiger charge is 2.42. The van der Waals surface area contributed by atoms with Crippen LogP contribution in [-0.2, 0) is 4.79 Å². The summed E-state index contributed by atoms with van der Waals surface area (Å²) >= 11 is 0. The highest BCUT2D eigenvalue weighted by atomic mass is 16.1. The van der Waals surface area contributed by atoms with Crippen molar-refractivity contribution in [2.75, 3.05) is 0 Å². The molecule has 54 valence electrons. The van der Waals surface area contributed by atoms with Gasteiger partial charge in [-0.15, -0.1) is 0 Å². The van der Waals surface area contributed by atoms with Gasteiger partial charge in [0.2, 0.25) is 0 Å². The van der Waals surface area contributed by atoms with Crippen LogP contribution in [0.4, 0.5) is 0 Å². The predicted octanol–water partition coefficient (Wildman–Crippen LogP) is 1.09. The van der Waals surface area contributed by atoms with Gasteiger partial charge in [-0.1, -0.05) is 13.8 Å². The largest absolute Gasteiger partial charge is 0.319 e. The summed E-state index contributed by atoms with van der Waals surface area (Å²) in [5.41, 5.74) is 5.05. The zero-order valence-electron chi connectivity index (χ0n) is 6.40. The van der Waals surface area contributed by atoms with Crippen molar-refractivity contribution in [3.63, 3.8) is 0 Å². The van der Waals surface area contributed by atoms with Crippen LogP contribution in [0.3, 0.4) is 0 Å². The maximum absolute atomic E-state index is 10.4. The molecular weight excluding hydrogens is 114 g/mol. The highest BCUT2D eigenvalue weighted by molar-refractivity contribution is 5.88. The van der Waals surface area contributed by atoms with Gasteiger partial charge in [0, 0.05) is 0 Å². The highest BCUT2D eigenvalue weighted by Crippen LogP contribution is 2.32. The molecule has 0 aromatic heterocycles. The Bertz CT molecular complexity index is 105. The molecule has 0 spiro atoms. The van der Waals surface area contributed by atoms with Crippen LogP contribution in [0.15, 0.2) is 0 Å². The van der Waals surface area contributed by atoms with Crippen molar-refractivity contribution >= 4 is 5.78 Å². The minimum absolute atomic E-state index is 0.132. The molecule has 2 N–H and O–H groups in total. The Hall–Kier alpha value is -0.370. The molecule has 1 saturated carbocycles. The average molecular weight is 129 g/mol. The normalized spacial score (nSPS) is 19.6. The Morgan fingerprint density at radius 3 is 1.78 bits per heavy atom. The molecule has 1 aliphatic rings. The summed E-state index contributed by atoms with van der Waals surface area (Å²) in [5.74, 6) is 0.132. The number of carbonyl (C=O) groups is 1. The first-order valence-corrected chi connectivity index (χ1v) is 3.45. The maximum atomic E-state index is 10.4. The van der Waals surface area contributed by atoms with E-state index in [1.165, 1.54) is 0 Å². The number of rotatable bonds is 1. The summed E-state index contributed by atoms with van der Waals surface area (Å²) in [4.78, 5) is 10.4. The van der Waals surface area contributed by atoms with E-state index < -0.39 is 0 Å². The molecule has 0 aromatic carbocycles. The monoisotopic (exact) mass is 129 g/mol.